The lowest BCUT2D eigenvalue weighted by Gasteiger charge is -2.36. The van der Waals surface area contributed by atoms with E-state index < -0.39 is 0 Å². The molecule has 1 saturated heterocycles. The first-order chi connectivity index (χ1) is 10.3. The van der Waals surface area contributed by atoms with E-state index in [1.165, 1.54) is 0 Å². The van der Waals surface area contributed by atoms with Gasteiger partial charge in [0.15, 0.2) is 0 Å². The van der Waals surface area contributed by atoms with Gasteiger partial charge in [0.2, 0.25) is 0 Å². The average Bonchev–Trinajstić information content (AvgIpc) is 2.56. The third-order valence-electron chi connectivity index (χ3n) is 3.60. The lowest BCUT2D eigenvalue weighted by molar-refractivity contribution is 0.647. The van der Waals surface area contributed by atoms with Gasteiger partial charge in [-0.3, -0.25) is 0 Å². The molecular weight excluding hydrogens is 264 g/mol. The summed E-state index contributed by atoms with van der Waals surface area (Å²) in [6.45, 7) is 3.60. The molecule has 1 fully saturated rings. The predicted molar refractivity (Wildman–Crippen MR) is 82.0 cm³/mol. The average molecular weight is 280 g/mol. The Morgan fingerprint density at radius 3 is 2.29 bits per heavy atom. The molecule has 0 aromatic carbocycles. The van der Waals surface area contributed by atoms with E-state index in [-0.39, 0.29) is 0 Å². The van der Waals surface area contributed by atoms with Gasteiger partial charge in [-0.15, -0.1) is 0 Å². The van der Waals surface area contributed by atoms with E-state index in [1.54, 1.807) is 18.5 Å². The molecule has 1 aliphatic rings. The molecule has 0 aliphatic carbocycles. The zero-order valence-corrected chi connectivity index (χ0v) is 11.6. The molecule has 3 heterocycles. The normalized spacial score (nSPS) is 14.8. The monoisotopic (exact) mass is 280 g/mol. The van der Waals surface area contributed by atoms with Crippen LogP contribution in [-0.2, 0) is 0 Å². The number of nitrogens with zero attached hydrogens (tertiary/aromatic N) is 5. The van der Waals surface area contributed by atoms with Crippen molar-refractivity contribution in [2.45, 2.75) is 0 Å². The van der Waals surface area contributed by atoms with Crippen molar-refractivity contribution >= 4 is 17.2 Å². The molecule has 3 rings (SSSR count). The largest absolute Gasteiger partial charge is 0.397 e. The number of pyridine rings is 2. The van der Waals surface area contributed by atoms with Crippen molar-refractivity contribution in [1.82, 2.24) is 9.97 Å². The maximum Gasteiger partial charge on any atom is 0.140 e. The fourth-order valence-electron chi connectivity index (χ4n) is 2.42. The van der Waals surface area contributed by atoms with E-state index >= 15 is 0 Å². The Morgan fingerprint density at radius 2 is 1.71 bits per heavy atom. The molecule has 106 valence electrons. The Kier molecular flexibility index (Phi) is 3.56. The summed E-state index contributed by atoms with van der Waals surface area (Å²) in [5.41, 5.74) is 7.84. The maximum atomic E-state index is 8.77. The lowest BCUT2D eigenvalue weighted by atomic mass is 10.2. The van der Waals surface area contributed by atoms with Crippen molar-refractivity contribution in [2.24, 2.45) is 0 Å². The van der Waals surface area contributed by atoms with Crippen molar-refractivity contribution in [3.63, 3.8) is 0 Å². The fraction of sp³-hybridized carbons (Fsp3) is 0.267. The van der Waals surface area contributed by atoms with E-state index in [1.807, 2.05) is 24.3 Å². The molecule has 21 heavy (non-hydrogen) atoms. The zero-order valence-electron chi connectivity index (χ0n) is 11.6. The number of piperazine rings is 1. The topological polar surface area (TPSA) is 82.1 Å². The highest BCUT2D eigenvalue weighted by molar-refractivity contribution is 5.50. The van der Waals surface area contributed by atoms with Crippen LogP contribution in [0.2, 0.25) is 0 Å². The van der Waals surface area contributed by atoms with E-state index in [2.05, 4.69) is 19.8 Å². The number of hydrogen-bond acceptors (Lipinski definition) is 6. The third kappa shape index (κ3) is 2.87. The van der Waals surface area contributed by atoms with E-state index in [4.69, 9.17) is 11.0 Å². The van der Waals surface area contributed by atoms with Gasteiger partial charge >= 0.3 is 0 Å². The van der Waals surface area contributed by atoms with Gasteiger partial charge in [-0.1, -0.05) is 0 Å². The Balaban J connectivity index is 1.64. The van der Waals surface area contributed by atoms with Gasteiger partial charge in [0.1, 0.15) is 17.6 Å². The smallest absolute Gasteiger partial charge is 0.140 e. The van der Waals surface area contributed by atoms with E-state index in [9.17, 15) is 0 Å². The molecule has 0 unspecified atom stereocenters. The molecule has 2 aromatic heterocycles. The van der Waals surface area contributed by atoms with Crippen LogP contribution >= 0.6 is 0 Å². The van der Waals surface area contributed by atoms with Crippen molar-refractivity contribution in [2.75, 3.05) is 41.7 Å². The second-order valence-corrected chi connectivity index (χ2v) is 4.94. The van der Waals surface area contributed by atoms with Gasteiger partial charge in [0.25, 0.3) is 0 Å². The highest BCUT2D eigenvalue weighted by Crippen LogP contribution is 2.19. The van der Waals surface area contributed by atoms with Gasteiger partial charge < -0.3 is 15.5 Å². The van der Waals surface area contributed by atoms with Crippen molar-refractivity contribution in [1.29, 1.82) is 5.26 Å². The van der Waals surface area contributed by atoms with Crippen LogP contribution < -0.4 is 15.5 Å². The summed E-state index contributed by atoms with van der Waals surface area (Å²) in [6.07, 6.45) is 3.45. The van der Waals surface area contributed by atoms with E-state index in [0.29, 0.717) is 11.4 Å². The van der Waals surface area contributed by atoms with Crippen LogP contribution in [0.5, 0.6) is 0 Å². The number of aromatic nitrogens is 2. The molecule has 2 aromatic rings. The number of nitriles is 1. The Bertz CT molecular complexity index is 635. The molecule has 0 amide bonds. The highest BCUT2D eigenvalue weighted by atomic mass is 15.3. The first-order valence-corrected chi connectivity index (χ1v) is 6.84. The van der Waals surface area contributed by atoms with Gasteiger partial charge in [-0.25, -0.2) is 9.97 Å². The summed E-state index contributed by atoms with van der Waals surface area (Å²) in [5, 5.41) is 8.77. The van der Waals surface area contributed by atoms with Crippen LogP contribution in [0.3, 0.4) is 0 Å². The Labute approximate surface area is 123 Å². The number of nitrogen functional groups attached to an aromatic ring is 1. The molecular formula is C15H16N6. The molecule has 1 aliphatic heterocycles. The van der Waals surface area contributed by atoms with E-state index in [0.717, 1.165) is 37.7 Å². The number of anilines is 3. The second kappa shape index (κ2) is 5.67. The molecule has 0 bridgehead atoms. The minimum atomic E-state index is 0.448. The van der Waals surface area contributed by atoms with Crippen LogP contribution in [-0.4, -0.2) is 36.1 Å². The third-order valence-corrected chi connectivity index (χ3v) is 3.60. The van der Waals surface area contributed by atoms with Gasteiger partial charge in [-0.05, 0) is 24.3 Å². The van der Waals surface area contributed by atoms with Crippen LogP contribution in [0.25, 0.3) is 0 Å². The first-order valence-electron chi connectivity index (χ1n) is 6.84. The standard InChI is InChI=1S/C15H16N6/c16-9-13-2-3-14(11-18-13)20-5-7-21(8-6-20)15-4-1-12(17)10-19-15/h1-4,10-11H,5-8,17H2. The minimum Gasteiger partial charge on any atom is -0.397 e. The number of hydrogen-bond donors (Lipinski definition) is 1. The Hall–Kier alpha value is -2.81. The molecule has 6 nitrogen and oxygen atoms in total. The van der Waals surface area contributed by atoms with Gasteiger partial charge in [0.05, 0.1) is 23.8 Å². The van der Waals surface area contributed by atoms with Gasteiger partial charge in [-0.2, -0.15) is 5.26 Å². The summed E-state index contributed by atoms with van der Waals surface area (Å²) in [4.78, 5) is 13.0. The van der Waals surface area contributed by atoms with Crippen molar-refractivity contribution < 1.29 is 0 Å². The van der Waals surface area contributed by atoms with Crippen LogP contribution in [0.15, 0.2) is 36.7 Å². The van der Waals surface area contributed by atoms with Crippen LogP contribution in [0.4, 0.5) is 17.2 Å². The quantitative estimate of drug-likeness (QED) is 0.891. The summed E-state index contributed by atoms with van der Waals surface area (Å²) >= 11 is 0. The SMILES string of the molecule is N#Cc1ccc(N2CCN(c3ccc(N)cn3)CC2)cn1. The summed E-state index contributed by atoms with van der Waals surface area (Å²) in [6, 6.07) is 9.56. The molecule has 0 radical (unpaired) electrons. The second-order valence-electron chi connectivity index (χ2n) is 4.94. The number of nitrogens with two attached hydrogens (primary N) is 1. The summed E-state index contributed by atoms with van der Waals surface area (Å²) in [7, 11) is 0. The molecule has 0 atom stereocenters. The summed E-state index contributed by atoms with van der Waals surface area (Å²) < 4.78 is 0. The van der Waals surface area contributed by atoms with Crippen LogP contribution in [0.1, 0.15) is 5.69 Å². The minimum absolute atomic E-state index is 0.448. The highest BCUT2D eigenvalue weighted by Gasteiger charge is 2.18. The Morgan fingerprint density at radius 1 is 0.952 bits per heavy atom. The lowest BCUT2D eigenvalue weighted by Crippen LogP contribution is -2.46. The van der Waals surface area contributed by atoms with Crippen molar-refractivity contribution in [3.8, 4) is 6.07 Å². The molecule has 6 heteroatoms. The fourth-order valence-corrected chi connectivity index (χ4v) is 2.42. The molecule has 0 saturated carbocycles. The number of rotatable bonds is 2. The molecule has 2 N–H and O–H groups in total. The van der Waals surface area contributed by atoms with Crippen LogP contribution in [0, 0.1) is 11.3 Å². The van der Waals surface area contributed by atoms with Crippen molar-refractivity contribution in [3.05, 3.63) is 42.4 Å². The van der Waals surface area contributed by atoms with Gasteiger partial charge in [0, 0.05) is 26.2 Å². The molecule has 0 spiro atoms. The first kappa shape index (κ1) is 13.2. The summed E-state index contributed by atoms with van der Waals surface area (Å²) in [5.74, 6) is 0.960. The predicted octanol–water partition coefficient (Wildman–Crippen LogP) is 1.26. The zero-order chi connectivity index (χ0) is 14.7. The maximum absolute atomic E-state index is 8.77.